The summed E-state index contributed by atoms with van der Waals surface area (Å²) in [7, 11) is -3.79. The van der Waals surface area contributed by atoms with Gasteiger partial charge < -0.3 is 5.32 Å². The molecule has 146 valence electrons. The molecule has 2 aromatic carbocycles. The molecule has 9 heteroatoms. The van der Waals surface area contributed by atoms with E-state index in [0.717, 1.165) is 0 Å². The van der Waals surface area contributed by atoms with Gasteiger partial charge in [0.05, 0.1) is 0 Å². The Morgan fingerprint density at radius 2 is 1.86 bits per heavy atom. The summed E-state index contributed by atoms with van der Waals surface area (Å²) < 4.78 is 40.8. The van der Waals surface area contributed by atoms with E-state index in [1.807, 2.05) is 0 Å². The Morgan fingerprint density at radius 1 is 1.18 bits per heavy atom. The Morgan fingerprint density at radius 3 is 2.50 bits per heavy atom. The minimum absolute atomic E-state index is 0.0870. The second-order valence-corrected chi connectivity index (χ2v) is 8.30. The fourth-order valence-corrected chi connectivity index (χ4v) is 4.36. The predicted molar refractivity (Wildman–Crippen MR) is 108 cm³/mol. The average Bonchev–Trinajstić information content (AvgIpc) is 2.86. The minimum Gasteiger partial charge on any atom is -0.324 e. The topological polar surface area (TPSA) is 87.6 Å². The molecule has 0 atom stereocenters. The molecule has 6 nitrogen and oxygen atoms in total. The fourth-order valence-electron chi connectivity index (χ4n) is 2.71. The molecule has 1 heterocycles. The Balaban J connectivity index is 1.79. The highest BCUT2D eigenvalue weighted by Crippen LogP contribution is 2.30. The van der Waals surface area contributed by atoms with Crippen molar-refractivity contribution in [3.8, 4) is 0 Å². The molecule has 3 rings (SSSR count). The molecule has 0 bridgehead atoms. The molecule has 0 fully saturated rings. The molecule has 1 aliphatic rings. The maximum absolute atomic E-state index is 13.6. The number of sulfonamides is 1. The van der Waals surface area contributed by atoms with Crippen molar-refractivity contribution in [1.82, 2.24) is 4.72 Å². The lowest BCUT2D eigenvalue weighted by Crippen LogP contribution is -2.25. The zero-order valence-corrected chi connectivity index (χ0v) is 16.7. The summed E-state index contributed by atoms with van der Waals surface area (Å²) >= 11 is 5.85. The summed E-state index contributed by atoms with van der Waals surface area (Å²) in [6, 6.07) is 10.7. The number of rotatable bonds is 4. The number of aryl methyl sites for hydroxylation is 1. The third-order valence-electron chi connectivity index (χ3n) is 4.14. The summed E-state index contributed by atoms with van der Waals surface area (Å²) in [5.74, 6) is -0.836. The van der Waals surface area contributed by atoms with Crippen LogP contribution in [0, 0.1) is 12.7 Å². The summed E-state index contributed by atoms with van der Waals surface area (Å²) in [5.41, 5.74) is 1.64. The summed E-state index contributed by atoms with van der Waals surface area (Å²) in [4.78, 5) is 16.2. The van der Waals surface area contributed by atoms with Crippen molar-refractivity contribution in [1.29, 1.82) is 0 Å². The van der Waals surface area contributed by atoms with Gasteiger partial charge in [0, 0.05) is 16.3 Å². The maximum Gasteiger partial charge on any atom is 0.264 e. The van der Waals surface area contributed by atoms with E-state index in [-0.39, 0.29) is 17.3 Å². The number of aliphatic imine (C=N–C) groups is 1. The lowest BCUT2D eigenvalue weighted by Gasteiger charge is -2.05. The van der Waals surface area contributed by atoms with Gasteiger partial charge in [-0.15, -0.1) is 0 Å². The van der Waals surface area contributed by atoms with Crippen LogP contribution in [0.1, 0.15) is 18.1 Å². The maximum atomic E-state index is 13.6. The number of hydrogen-bond donors (Lipinski definition) is 2. The third kappa shape index (κ3) is 4.23. The highest BCUT2D eigenvalue weighted by atomic mass is 35.5. The molecule has 0 radical (unpaired) electrons. The minimum atomic E-state index is -3.79. The summed E-state index contributed by atoms with van der Waals surface area (Å²) in [6.07, 6.45) is 0. The van der Waals surface area contributed by atoms with E-state index in [2.05, 4.69) is 15.0 Å². The monoisotopic (exact) mass is 421 g/mol. The van der Waals surface area contributed by atoms with Crippen molar-refractivity contribution in [2.45, 2.75) is 13.8 Å². The predicted octanol–water partition coefficient (Wildman–Crippen LogP) is 3.49. The van der Waals surface area contributed by atoms with Crippen LogP contribution in [0.4, 0.5) is 10.1 Å². The second-order valence-electron chi connectivity index (χ2n) is 6.24. The normalized spacial score (nSPS) is 16.9. The van der Waals surface area contributed by atoms with Crippen molar-refractivity contribution in [3.63, 3.8) is 0 Å². The van der Waals surface area contributed by atoms with E-state index in [1.54, 1.807) is 50.2 Å². The Kier molecular flexibility index (Phi) is 5.53. The number of hydrogen-bond acceptors (Lipinski definition) is 4. The van der Waals surface area contributed by atoms with Crippen molar-refractivity contribution >= 4 is 44.0 Å². The van der Waals surface area contributed by atoms with Gasteiger partial charge in [0.25, 0.3) is 10.0 Å². The first-order valence-electron chi connectivity index (χ1n) is 8.28. The number of halogens is 2. The van der Waals surface area contributed by atoms with E-state index in [9.17, 15) is 17.6 Å². The van der Waals surface area contributed by atoms with Gasteiger partial charge in [-0.3, -0.25) is 14.5 Å². The van der Waals surface area contributed by atoms with Gasteiger partial charge in [0.15, 0.2) is 0 Å². The Labute approximate surface area is 167 Å². The van der Waals surface area contributed by atoms with Gasteiger partial charge in [0.1, 0.15) is 23.1 Å². The number of amidine groups is 1. The van der Waals surface area contributed by atoms with E-state index in [1.165, 1.54) is 6.07 Å². The van der Waals surface area contributed by atoms with Crippen LogP contribution in [0.2, 0.25) is 5.02 Å². The Hall–Kier alpha value is -2.71. The number of anilines is 1. The molecule has 0 spiro atoms. The standard InChI is InChI=1S/C19H17ClFN3O3S/c1-11-3-8-15(9-16(11)21)23-17(25)10-22-19-12(2)18(28(26,27)24-19)13-4-6-14(20)7-5-13/h3-9H,10H2,1-2H3,(H,22,24)(H,23,25). The lowest BCUT2D eigenvalue weighted by atomic mass is 10.1. The molecule has 0 aliphatic carbocycles. The quantitative estimate of drug-likeness (QED) is 0.792. The molecular formula is C19H17ClFN3O3S. The van der Waals surface area contributed by atoms with Gasteiger partial charge in [-0.1, -0.05) is 29.8 Å². The number of nitrogens with zero attached hydrogens (tertiary/aromatic N) is 1. The molecule has 0 saturated carbocycles. The third-order valence-corrected chi connectivity index (χ3v) is 5.93. The first kappa shape index (κ1) is 20.0. The number of carbonyl (C=O) groups excluding carboxylic acids is 1. The molecule has 0 saturated heterocycles. The zero-order chi connectivity index (χ0) is 20.5. The van der Waals surface area contributed by atoms with Crippen LogP contribution >= 0.6 is 11.6 Å². The van der Waals surface area contributed by atoms with Crippen molar-refractivity contribution < 1.29 is 17.6 Å². The van der Waals surface area contributed by atoms with Gasteiger partial charge >= 0.3 is 0 Å². The van der Waals surface area contributed by atoms with Gasteiger partial charge in [-0.05, 0) is 49.2 Å². The SMILES string of the molecule is CC1=C(c2ccc(Cl)cc2)S(=O)(=O)NC1=NCC(=O)Nc1ccc(C)c(F)c1. The van der Waals surface area contributed by atoms with Crippen LogP contribution < -0.4 is 10.0 Å². The largest absolute Gasteiger partial charge is 0.324 e. The van der Waals surface area contributed by atoms with Crippen LogP contribution in [0.25, 0.3) is 4.91 Å². The lowest BCUT2D eigenvalue weighted by molar-refractivity contribution is -0.114. The van der Waals surface area contributed by atoms with E-state index in [0.29, 0.717) is 27.4 Å². The van der Waals surface area contributed by atoms with Gasteiger partial charge in [-0.2, -0.15) is 0 Å². The molecule has 0 unspecified atom stereocenters. The van der Waals surface area contributed by atoms with Gasteiger partial charge in [-0.25, -0.2) is 12.8 Å². The van der Waals surface area contributed by atoms with Gasteiger partial charge in [0.2, 0.25) is 5.91 Å². The summed E-state index contributed by atoms with van der Waals surface area (Å²) in [6.45, 7) is 2.90. The first-order valence-corrected chi connectivity index (χ1v) is 10.1. The number of carbonyl (C=O) groups is 1. The molecule has 1 aliphatic heterocycles. The number of amides is 1. The van der Waals surface area contributed by atoms with Crippen molar-refractivity contribution in [2.75, 3.05) is 11.9 Å². The molecular weight excluding hydrogens is 405 g/mol. The highest BCUT2D eigenvalue weighted by molar-refractivity contribution is 8.00. The van der Waals surface area contributed by atoms with Crippen molar-refractivity contribution in [3.05, 3.63) is 70.0 Å². The number of benzene rings is 2. The first-order chi connectivity index (χ1) is 13.2. The molecule has 0 aromatic heterocycles. The van der Waals surface area contributed by atoms with Crippen LogP contribution in [0.15, 0.2) is 53.0 Å². The van der Waals surface area contributed by atoms with Crippen LogP contribution in [-0.4, -0.2) is 26.7 Å². The van der Waals surface area contributed by atoms with Crippen LogP contribution in [0.5, 0.6) is 0 Å². The smallest absolute Gasteiger partial charge is 0.264 e. The molecule has 1 amide bonds. The molecule has 28 heavy (non-hydrogen) atoms. The second kappa shape index (κ2) is 7.73. The zero-order valence-electron chi connectivity index (χ0n) is 15.1. The van der Waals surface area contributed by atoms with Crippen LogP contribution in [0.3, 0.4) is 0 Å². The van der Waals surface area contributed by atoms with E-state index >= 15 is 0 Å². The average molecular weight is 422 g/mol. The van der Waals surface area contributed by atoms with E-state index < -0.39 is 21.7 Å². The van der Waals surface area contributed by atoms with E-state index in [4.69, 9.17) is 11.6 Å². The van der Waals surface area contributed by atoms with Crippen molar-refractivity contribution in [2.24, 2.45) is 4.99 Å². The molecule has 2 aromatic rings. The van der Waals surface area contributed by atoms with Crippen LogP contribution in [-0.2, 0) is 14.8 Å². The molecule has 2 N–H and O–H groups in total. The Bertz CT molecular complexity index is 1110. The highest BCUT2D eigenvalue weighted by Gasteiger charge is 2.32. The fraction of sp³-hybridized carbons (Fsp3) is 0.158. The summed E-state index contributed by atoms with van der Waals surface area (Å²) in [5, 5.41) is 3.01. The number of nitrogens with one attached hydrogen (secondary N) is 2.